The summed E-state index contributed by atoms with van der Waals surface area (Å²) in [6.45, 7) is 0. The number of H-pyrrole nitrogens is 1. The Bertz CT molecular complexity index is 1120. The summed E-state index contributed by atoms with van der Waals surface area (Å²) in [7, 11) is 0. The number of thioether (sulfide) groups is 1. The minimum atomic E-state index is -0.600. The van der Waals surface area contributed by atoms with Gasteiger partial charge >= 0.3 is 0 Å². The smallest absolute Gasteiger partial charge is 0.240 e. The lowest BCUT2D eigenvalue weighted by Crippen LogP contribution is -2.28. The van der Waals surface area contributed by atoms with Gasteiger partial charge in [0.1, 0.15) is 11.1 Å². The number of rotatable bonds is 5. The minimum absolute atomic E-state index is 0.0287. The second kappa shape index (κ2) is 8.27. The Hall–Kier alpha value is -3.46. The molecular weight excluding hydrogens is 393 g/mol. The van der Waals surface area contributed by atoms with Gasteiger partial charge in [0.25, 0.3) is 0 Å². The number of halogens is 1. The summed E-state index contributed by atoms with van der Waals surface area (Å²) in [6, 6.07) is 13.2. The molecule has 1 aliphatic heterocycles. The maximum Gasteiger partial charge on any atom is 0.240 e. The Labute approximate surface area is 169 Å². The Morgan fingerprint density at radius 3 is 2.83 bits per heavy atom. The minimum Gasteiger partial charge on any atom is -0.361 e. The van der Waals surface area contributed by atoms with Crippen LogP contribution in [0, 0.1) is 5.82 Å². The molecule has 9 heteroatoms. The van der Waals surface area contributed by atoms with Crippen molar-refractivity contribution < 1.29 is 14.0 Å². The zero-order valence-electron chi connectivity index (χ0n) is 15.1. The van der Waals surface area contributed by atoms with Gasteiger partial charge < -0.3 is 15.6 Å². The van der Waals surface area contributed by atoms with Crippen molar-refractivity contribution in [3.63, 3.8) is 0 Å². The van der Waals surface area contributed by atoms with Crippen LogP contribution in [-0.2, 0) is 9.59 Å². The van der Waals surface area contributed by atoms with E-state index in [1.165, 1.54) is 24.3 Å². The molecule has 2 heterocycles. The Balaban J connectivity index is 1.35. The van der Waals surface area contributed by atoms with Gasteiger partial charge in [-0.25, -0.2) is 4.39 Å². The molecule has 0 radical (unpaired) electrons. The molecule has 29 heavy (non-hydrogen) atoms. The molecule has 0 aliphatic carbocycles. The highest BCUT2D eigenvalue weighted by molar-refractivity contribution is 8.15. The fraction of sp³-hybridized carbons (Fsp3) is 0.100. The lowest BCUT2D eigenvalue weighted by atomic mass is 10.2. The first-order chi connectivity index (χ1) is 14.1. The van der Waals surface area contributed by atoms with Gasteiger partial charge in [0.2, 0.25) is 11.8 Å². The van der Waals surface area contributed by atoms with Crippen LogP contribution in [0.5, 0.6) is 0 Å². The van der Waals surface area contributed by atoms with E-state index in [-0.39, 0.29) is 24.1 Å². The van der Waals surface area contributed by atoms with Crippen LogP contribution < -0.4 is 10.6 Å². The third kappa shape index (κ3) is 4.52. The third-order valence-corrected chi connectivity index (χ3v) is 5.31. The van der Waals surface area contributed by atoms with Crippen LogP contribution in [-0.4, -0.2) is 33.4 Å². The van der Waals surface area contributed by atoms with Crippen molar-refractivity contribution >= 4 is 51.5 Å². The van der Waals surface area contributed by atoms with Crippen LogP contribution in [0.15, 0.2) is 64.9 Å². The monoisotopic (exact) mass is 409 g/mol. The first-order valence-corrected chi connectivity index (χ1v) is 9.66. The van der Waals surface area contributed by atoms with Crippen molar-refractivity contribution in [3.8, 4) is 0 Å². The van der Waals surface area contributed by atoms with Crippen LogP contribution in [0.25, 0.3) is 10.9 Å². The van der Waals surface area contributed by atoms with Gasteiger partial charge in [-0.15, -0.1) is 5.10 Å². The lowest BCUT2D eigenvalue weighted by Gasteiger charge is -2.07. The molecule has 1 aromatic heterocycles. The highest BCUT2D eigenvalue weighted by Gasteiger charge is 2.32. The van der Waals surface area contributed by atoms with E-state index in [2.05, 4.69) is 25.8 Å². The zero-order chi connectivity index (χ0) is 20.2. The molecule has 2 amide bonds. The number of hydrogen-bond donors (Lipinski definition) is 3. The predicted octanol–water partition coefficient (Wildman–Crippen LogP) is 3.26. The summed E-state index contributed by atoms with van der Waals surface area (Å²) in [6.07, 6.45) is 3.41. The van der Waals surface area contributed by atoms with Gasteiger partial charge in [-0.05, 0) is 30.3 Å². The zero-order valence-corrected chi connectivity index (χ0v) is 15.9. The van der Waals surface area contributed by atoms with Gasteiger partial charge in [0.15, 0.2) is 5.17 Å². The van der Waals surface area contributed by atoms with Crippen molar-refractivity contribution in [2.75, 3.05) is 5.32 Å². The van der Waals surface area contributed by atoms with Crippen molar-refractivity contribution in [2.45, 2.75) is 11.7 Å². The van der Waals surface area contributed by atoms with Crippen LogP contribution in [0.2, 0.25) is 0 Å². The Morgan fingerprint density at radius 1 is 1.21 bits per heavy atom. The first-order valence-electron chi connectivity index (χ1n) is 8.78. The molecule has 7 nitrogen and oxygen atoms in total. The third-order valence-electron chi connectivity index (χ3n) is 4.24. The quantitative estimate of drug-likeness (QED) is 0.446. The number of hydrogen-bond acceptors (Lipinski definition) is 5. The van der Waals surface area contributed by atoms with Gasteiger partial charge in [-0.3, -0.25) is 9.59 Å². The summed E-state index contributed by atoms with van der Waals surface area (Å²) >= 11 is 1.15. The predicted molar refractivity (Wildman–Crippen MR) is 112 cm³/mol. The maximum atomic E-state index is 12.9. The molecule has 0 bridgehead atoms. The molecule has 3 N–H and O–H groups in total. The van der Waals surface area contributed by atoms with Crippen molar-refractivity contribution in [2.24, 2.45) is 10.2 Å². The second-order valence-electron chi connectivity index (χ2n) is 6.29. The van der Waals surface area contributed by atoms with E-state index in [1.54, 1.807) is 6.21 Å². The van der Waals surface area contributed by atoms with Crippen molar-refractivity contribution in [1.82, 2.24) is 10.3 Å². The molecule has 1 fully saturated rings. The molecule has 1 aliphatic rings. The SMILES string of the molecule is O=C(CC1S/C(=N/N=C/c2c[nH]c3ccccc23)NC1=O)Nc1ccc(F)cc1. The maximum absolute atomic E-state index is 12.9. The number of para-hydroxylation sites is 1. The molecule has 0 spiro atoms. The van der Waals surface area contributed by atoms with Crippen LogP contribution in [0.3, 0.4) is 0 Å². The fourth-order valence-electron chi connectivity index (χ4n) is 2.84. The summed E-state index contributed by atoms with van der Waals surface area (Å²) < 4.78 is 12.9. The molecule has 1 atom stereocenters. The summed E-state index contributed by atoms with van der Waals surface area (Å²) in [5.41, 5.74) is 2.35. The molecule has 4 rings (SSSR count). The summed E-state index contributed by atoms with van der Waals surface area (Å²) in [5.74, 6) is -1.03. The molecule has 3 aromatic rings. The van der Waals surface area contributed by atoms with Gasteiger partial charge in [-0.2, -0.15) is 5.10 Å². The number of benzene rings is 2. The second-order valence-corrected chi connectivity index (χ2v) is 7.49. The van der Waals surface area contributed by atoms with E-state index in [4.69, 9.17) is 0 Å². The Kier molecular flexibility index (Phi) is 5.39. The van der Waals surface area contributed by atoms with E-state index in [9.17, 15) is 14.0 Å². The van der Waals surface area contributed by atoms with Gasteiger partial charge in [0, 0.05) is 34.8 Å². The van der Waals surface area contributed by atoms with E-state index < -0.39 is 5.25 Å². The highest BCUT2D eigenvalue weighted by atomic mass is 32.2. The molecular formula is C20H16FN5O2S. The summed E-state index contributed by atoms with van der Waals surface area (Å²) in [5, 5.41) is 14.1. The van der Waals surface area contributed by atoms with E-state index in [1.807, 2.05) is 30.5 Å². The Morgan fingerprint density at radius 2 is 2.00 bits per heavy atom. The number of aromatic amines is 1. The highest BCUT2D eigenvalue weighted by Crippen LogP contribution is 2.23. The fourth-order valence-corrected chi connectivity index (χ4v) is 3.77. The standard InChI is InChI=1S/C20H16FN5O2S/c21-13-5-7-14(8-6-13)24-18(27)9-17-19(28)25-20(29-17)26-23-11-12-10-22-16-4-2-1-3-15(12)16/h1-8,10-11,17,22H,9H2,(H,24,27)(H,25,26,28)/b23-11+. The average Bonchev–Trinajstić information content (AvgIpc) is 3.27. The number of amidine groups is 1. The van der Waals surface area contributed by atoms with Gasteiger partial charge in [-0.1, -0.05) is 30.0 Å². The number of nitrogens with one attached hydrogen (secondary N) is 3. The van der Waals surface area contributed by atoms with Crippen LogP contribution in [0.4, 0.5) is 10.1 Å². The van der Waals surface area contributed by atoms with E-state index >= 15 is 0 Å². The van der Waals surface area contributed by atoms with Crippen LogP contribution in [0.1, 0.15) is 12.0 Å². The lowest BCUT2D eigenvalue weighted by molar-refractivity contribution is -0.122. The largest absolute Gasteiger partial charge is 0.361 e. The normalized spacial score (nSPS) is 17.9. The molecule has 2 aromatic carbocycles. The van der Waals surface area contributed by atoms with Crippen LogP contribution >= 0.6 is 11.8 Å². The number of amides is 2. The average molecular weight is 409 g/mol. The first kappa shape index (κ1) is 18.9. The van der Waals surface area contributed by atoms with E-state index in [0.29, 0.717) is 10.9 Å². The number of carbonyl (C=O) groups excluding carboxylic acids is 2. The number of carbonyl (C=O) groups is 2. The molecule has 0 saturated carbocycles. The number of anilines is 1. The van der Waals surface area contributed by atoms with Gasteiger partial charge in [0.05, 0.1) is 6.21 Å². The van der Waals surface area contributed by atoms with E-state index in [0.717, 1.165) is 28.2 Å². The number of aromatic nitrogens is 1. The number of fused-ring (bicyclic) bond motifs is 1. The molecule has 1 saturated heterocycles. The van der Waals surface area contributed by atoms with Crippen molar-refractivity contribution in [1.29, 1.82) is 0 Å². The molecule has 146 valence electrons. The topological polar surface area (TPSA) is 98.7 Å². The molecule has 1 unspecified atom stereocenters. The summed E-state index contributed by atoms with van der Waals surface area (Å²) in [4.78, 5) is 27.4. The van der Waals surface area contributed by atoms with Crippen molar-refractivity contribution in [3.05, 3.63) is 66.1 Å². The number of nitrogens with zero attached hydrogens (tertiary/aromatic N) is 2.